The maximum atomic E-state index is 12.1. The summed E-state index contributed by atoms with van der Waals surface area (Å²) in [5.41, 5.74) is 1.59. The Hall–Kier alpha value is -1.55. The molecule has 1 heterocycles. The van der Waals surface area contributed by atoms with Gasteiger partial charge in [-0.2, -0.15) is 0 Å². The molecule has 0 aliphatic carbocycles. The van der Waals surface area contributed by atoms with Gasteiger partial charge in [-0.3, -0.25) is 4.79 Å². The van der Waals surface area contributed by atoms with Crippen molar-refractivity contribution in [2.24, 2.45) is 0 Å². The molecule has 1 saturated heterocycles. The van der Waals surface area contributed by atoms with Crippen molar-refractivity contribution >= 4 is 5.91 Å². The molecule has 1 aliphatic heterocycles. The Labute approximate surface area is 101 Å². The van der Waals surface area contributed by atoms with Crippen LogP contribution >= 0.6 is 0 Å². The first-order chi connectivity index (χ1) is 8.11. The molecule has 0 unspecified atom stereocenters. The molecule has 1 fully saturated rings. The number of hydrogen-bond acceptors (Lipinski definition) is 3. The number of aliphatic hydroxyl groups excluding tert-OH is 1. The summed E-state index contributed by atoms with van der Waals surface area (Å²) in [5.74, 6) is 0.760. The third kappa shape index (κ3) is 2.42. The highest BCUT2D eigenvalue weighted by Crippen LogP contribution is 2.20. The number of nitrogens with zero attached hydrogens (tertiary/aromatic N) is 1. The fraction of sp³-hybridized carbons (Fsp3) is 0.462. The lowest BCUT2D eigenvalue weighted by Gasteiger charge is -2.16. The number of likely N-dealkylation sites (tertiary alicyclic amines) is 1. The van der Waals surface area contributed by atoms with Crippen LogP contribution < -0.4 is 4.74 Å². The summed E-state index contributed by atoms with van der Waals surface area (Å²) in [6, 6.07) is 5.39. The van der Waals surface area contributed by atoms with E-state index in [1.807, 2.05) is 13.0 Å². The Morgan fingerprint density at radius 3 is 2.82 bits per heavy atom. The molecule has 0 aromatic heterocycles. The van der Waals surface area contributed by atoms with Gasteiger partial charge in [-0.1, -0.05) is 0 Å². The monoisotopic (exact) mass is 235 g/mol. The number of benzene rings is 1. The van der Waals surface area contributed by atoms with Crippen molar-refractivity contribution in [3.8, 4) is 5.75 Å². The summed E-state index contributed by atoms with van der Waals surface area (Å²) >= 11 is 0. The van der Waals surface area contributed by atoms with Crippen LogP contribution in [0, 0.1) is 6.92 Å². The molecule has 1 N–H and O–H groups in total. The van der Waals surface area contributed by atoms with Gasteiger partial charge in [0.05, 0.1) is 13.2 Å². The average molecular weight is 235 g/mol. The second-order valence-corrected chi connectivity index (χ2v) is 4.38. The van der Waals surface area contributed by atoms with Gasteiger partial charge in [-0.05, 0) is 37.1 Å². The lowest BCUT2D eigenvalue weighted by Crippen LogP contribution is -2.29. The standard InChI is InChI=1S/C13H17NO3/c1-9-7-10(3-4-12(9)17-2)13(16)14-6-5-11(15)8-14/h3-4,7,11,15H,5-6,8H2,1-2H3/t11-/m1/s1. The van der Waals surface area contributed by atoms with Gasteiger partial charge < -0.3 is 14.7 Å². The van der Waals surface area contributed by atoms with Crippen molar-refractivity contribution in [2.75, 3.05) is 20.2 Å². The fourth-order valence-corrected chi connectivity index (χ4v) is 2.12. The number of carbonyl (C=O) groups is 1. The zero-order valence-corrected chi connectivity index (χ0v) is 10.1. The summed E-state index contributed by atoms with van der Waals surface area (Å²) in [5, 5.41) is 9.42. The van der Waals surface area contributed by atoms with Crippen LogP contribution in [0.25, 0.3) is 0 Å². The van der Waals surface area contributed by atoms with Gasteiger partial charge in [0.25, 0.3) is 5.91 Å². The number of aliphatic hydroxyl groups is 1. The maximum absolute atomic E-state index is 12.1. The molecule has 0 bridgehead atoms. The van der Waals surface area contributed by atoms with Gasteiger partial charge in [-0.15, -0.1) is 0 Å². The Morgan fingerprint density at radius 2 is 2.29 bits per heavy atom. The number of amides is 1. The van der Waals surface area contributed by atoms with E-state index in [9.17, 15) is 9.90 Å². The molecule has 0 radical (unpaired) electrons. The third-order valence-electron chi connectivity index (χ3n) is 3.09. The molecule has 4 nitrogen and oxygen atoms in total. The minimum Gasteiger partial charge on any atom is -0.496 e. The lowest BCUT2D eigenvalue weighted by atomic mass is 10.1. The zero-order chi connectivity index (χ0) is 12.4. The van der Waals surface area contributed by atoms with E-state index in [2.05, 4.69) is 0 Å². The smallest absolute Gasteiger partial charge is 0.253 e. The van der Waals surface area contributed by atoms with E-state index < -0.39 is 0 Å². The Morgan fingerprint density at radius 1 is 1.53 bits per heavy atom. The van der Waals surface area contributed by atoms with Crippen LogP contribution in [0.1, 0.15) is 22.3 Å². The van der Waals surface area contributed by atoms with Crippen molar-refractivity contribution in [3.63, 3.8) is 0 Å². The van der Waals surface area contributed by atoms with Crippen LogP contribution in [0.15, 0.2) is 18.2 Å². The highest BCUT2D eigenvalue weighted by atomic mass is 16.5. The quantitative estimate of drug-likeness (QED) is 0.838. The van der Waals surface area contributed by atoms with Crippen LogP contribution in [0.3, 0.4) is 0 Å². The first-order valence-electron chi connectivity index (χ1n) is 5.74. The number of ether oxygens (including phenoxy) is 1. The Kier molecular flexibility index (Phi) is 3.33. The molecule has 0 spiro atoms. The second-order valence-electron chi connectivity index (χ2n) is 4.38. The van der Waals surface area contributed by atoms with E-state index in [1.165, 1.54) is 0 Å². The summed E-state index contributed by atoms with van der Waals surface area (Å²) in [4.78, 5) is 13.8. The van der Waals surface area contributed by atoms with Crippen LogP contribution in [0.2, 0.25) is 0 Å². The molecule has 0 saturated carbocycles. The van der Waals surface area contributed by atoms with Gasteiger partial charge in [0.15, 0.2) is 0 Å². The highest BCUT2D eigenvalue weighted by Gasteiger charge is 2.25. The van der Waals surface area contributed by atoms with Crippen molar-refractivity contribution in [2.45, 2.75) is 19.4 Å². The van der Waals surface area contributed by atoms with Crippen LogP contribution in [-0.4, -0.2) is 42.2 Å². The normalized spacial score (nSPS) is 19.5. The Bertz CT molecular complexity index is 431. The number of carbonyl (C=O) groups excluding carboxylic acids is 1. The molecule has 1 aliphatic rings. The minimum absolute atomic E-state index is 0.0210. The number of rotatable bonds is 2. The van der Waals surface area contributed by atoms with Gasteiger partial charge in [0.1, 0.15) is 5.75 Å². The van der Waals surface area contributed by atoms with Crippen LogP contribution in [0.4, 0.5) is 0 Å². The molecule has 1 atom stereocenters. The molecule has 4 heteroatoms. The molecule has 2 rings (SSSR count). The summed E-state index contributed by atoms with van der Waals surface area (Å²) in [6.07, 6.45) is 0.291. The van der Waals surface area contributed by atoms with Gasteiger partial charge in [0.2, 0.25) is 0 Å². The van der Waals surface area contributed by atoms with E-state index in [4.69, 9.17) is 4.74 Å². The van der Waals surface area contributed by atoms with E-state index in [0.717, 1.165) is 11.3 Å². The largest absolute Gasteiger partial charge is 0.496 e. The van der Waals surface area contributed by atoms with Gasteiger partial charge in [0, 0.05) is 18.7 Å². The van der Waals surface area contributed by atoms with Crippen molar-refractivity contribution < 1.29 is 14.6 Å². The van der Waals surface area contributed by atoms with Crippen molar-refractivity contribution in [3.05, 3.63) is 29.3 Å². The van der Waals surface area contributed by atoms with E-state index in [-0.39, 0.29) is 12.0 Å². The van der Waals surface area contributed by atoms with E-state index in [0.29, 0.717) is 25.1 Å². The van der Waals surface area contributed by atoms with Crippen molar-refractivity contribution in [1.29, 1.82) is 0 Å². The van der Waals surface area contributed by atoms with E-state index >= 15 is 0 Å². The SMILES string of the molecule is COc1ccc(C(=O)N2CC[C@@H](O)C2)cc1C. The topological polar surface area (TPSA) is 49.8 Å². The predicted octanol–water partition coefficient (Wildman–Crippen LogP) is 1.21. The van der Waals surface area contributed by atoms with Crippen LogP contribution in [-0.2, 0) is 0 Å². The summed E-state index contributed by atoms with van der Waals surface area (Å²) < 4.78 is 5.16. The van der Waals surface area contributed by atoms with Crippen molar-refractivity contribution in [1.82, 2.24) is 4.90 Å². The van der Waals surface area contributed by atoms with Gasteiger partial charge in [-0.25, -0.2) is 0 Å². The summed E-state index contributed by atoms with van der Waals surface area (Å²) in [6.45, 7) is 2.98. The maximum Gasteiger partial charge on any atom is 0.253 e. The summed E-state index contributed by atoms with van der Waals surface area (Å²) in [7, 11) is 1.61. The molecule has 1 aromatic carbocycles. The molecule has 1 amide bonds. The fourth-order valence-electron chi connectivity index (χ4n) is 2.12. The van der Waals surface area contributed by atoms with Crippen LogP contribution in [0.5, 0.6) is 5.75 Å². The lowest BCUT2D eigenvalue weighted by molar-refractivity contribution is 0.0765. The minimum atomic E-state index is -0.377. The molecular weight excluding hydrogens is 218 g/mol. The molecule has 92 valence electrons. The first kappa shape index (κ1) is 11.9. The number of hydrogen-bond donors (Lipinski definition) is 1. The molecular formula is C13H17NO3. The first-order valence-corrected chi connectivity index (χ1v) is 5.74. The predicted molar refractivity (Wildman–Crippen MR) is 64.3 cm³/mol. The number of aryl methyl sites for hydroxylation is 1. The average Bonchev–Trinajstić information content (AvgIpc) is 2.75. The second kappa shape index (κ2) is 4.75. The number of β-amino-alcohol motifs (C(OH)–C–C–N with tert-alkyl or cyclic N) is 1. The van der Waals surface area contributed by atoms with Gasteiger partial charge >= 0.3 is 0 Å². The highest BCUT2D eigenvalue weighted by molar-refractivity contribution is 5.94. The Balaban J connectivity index is 2.17. The molecule has 1 aromatic rings. The zero-order valence-electron chi connectivity index (χ0n) is 10.1. The molecule has 17 heavy (non-hydrogen) atoms. The van der Waals surface area contributed by atoms with E-state index in [1.54, 1.807) is 24.1 Å². The third-order valence-corrected chi connectivity index (χ3v) is 3.09. The number of methoxy groups -OCH3 is 1.